The molecule has 154 valence electrons. The van der Waals surface area contributed by atoms with Crippen LogP contribution in [0.5, 0.6) is 0 Å². The van der Waals surface area contributed by atoms with Crippen molar-refractivity contribution in [1.29, 1.82) is 0 Å². The van der Waals surface area contributed by atoms with Crippen LogP contribution in [0.25, 0.3) is 0 Å². The van der Waals surface area contributed by atoms with Gasteiger partial charge in [0.15, 0.2) is 6.10 Å². The van der Waals surface area contributed by atoms with E-state index >= 15 is 0 Å². The zero-order valence-electron chi connectivity index (χ0n) is 16.9. The Morgan fingerprint density at radius 1 is 0.800 bits per heavy atom. The number of nitrogens with zero attached hydrogens (tertiary/aromatic N) is 1. The number of carbonyl (C=O) groups excluding carboxylic acids is 2. The number of amides is 1. The fourth-order valence-corrected chi connectivity index (χ4v) is 3.10. The molecule has 0 saturated carbocycles. The molecule has 5 nitrogen and oxygen atoms in total. The highest BCUT2D eigenvalue weighted by molar-refractivity contribution is 5.92. The van der Waals surface area contributed by atoms with E-state index in [2.05, 4.69) is 0 Å². The molecule has 0 aliphatic carbocycles. The highest BCUT2D eigenvalue weighted by atomic mass is 16.5. The number of hydrogen-bond acceptors (Lipinski definition) is 4. The smallest absolute Gasteiger partial charge is 0.338 e. The fraction of sp³-hybridized carbons (Fsp3) is 0.200. The predicted molar refractivity (Wildman–Crippen MR) is 114 cm³/mol. The number of aliphatic hydroxyl groups excluding tert-OH is 1. The van der Waals surface area contributed by atoms with Gasteiger partial charge in [0.2, 0.25) is 0 Å². The summed E-state index contributed by atoms with van der Waals surface area (Å²) in [5.41, 5.74) is 3.04. The average Bonchev–Trinajstić information content (AvgIpc) is 2.79. The second-order valence-corrected chi connectivity index (χ2v) is 7.07. The van der Waals surface area contributed by atoms with Crippen molar-refractivity contribution in [2.24, 2.45) is 0 Å². The van der Waals surface area contributed by atoms with Crippen molar-refractivity contribution in [3.05, 3.63) is 107 Å². The van der Waals surface area contributed by atoms with E-state index in [9.17, 15) is 9.59 Å². The van der Waals surface area contributed by atoms with Crippen molar-refractivity contribution in [2.75, 3.05) is 0 Å². The molecule has 0 aliphatic heterocycles. The zero-order chi connectivity index (χ0) is 21.3. The quantitative estimate of drug-likeness (QED) is 0.578. The fourth-order valence-electron chi connectivity index (χ4n) is 3.10. The van der Waals surface area contributed by atoms with E-state index in [0.29, 0.717) is 24.2 Å². The molecule has 1 unspecified atom stereocenters. The van der Waals surface area contributed by atoms with E-state index in [-0.39, 0.29) is 12.5 Å². The van der Waals surface area contributed by atoms with Crippen molar-refractivity contribution < 1.29 is 19.4 Å². The number of hydrogen-bond donors (Lipinski definition) is 1. The monoisotopic (exact) mass is 403 g/mol. The van der Waals surface area contributed by atoms with Crippen LogP contribution in [0.2, 0.25) is 0 Å². The summed E-state index contributed by atoms with van der Waals surface area (Å²) in [4.78, 5) is 27.3. The number of aliphatic hydroxyl groups is 1. The summed E-state index contributed by atoms with van der Waals surface area (Å²) in [6.45, 7) is 2.33. The molecular formula is C25H25NO4. The van der Waals surface area contributed by atoms with E-state index in [1.54, 1.807) is 36.1 Å². The van der Waals surface area contributed by atoms with Crippen molar-refractivity contribution in [1.82, 2.24) is 4.90 Å². The predicted octanol–water partition coefficient (Wildman–Crippen LogP) is 3.95. The Morgan fingerprint density at radius 3 is 1.77 bits per heavy atom. The number of esters is 1. The third-order valence-corrected chi connectivity index (χ3v) is 4.75. The molecule has 1 amide bonds. The SMILES string of the molecule is CC(OC(=O)c1ccc(CO)cc1)C(=O)N(Cc1ccccc1)Cc1ccccc1. The molecule has 0 aromatic heterocycles. The first kappa shape index (κ1) is 21.3. The maximum atomic E-state index is 13.1. The van der Waals surface area contributed by atoms with Gasteiger partial charge in [0.05, 0.1) is 12.2 Å². The third kappa shape index (κ3) is 5.78. The average molecular weight is 403 g/mol. The normalized spacial score (nSPS) is 11.5. The van der Waals surface area contributed by atoms with E-state index in [4.69, 9.17) is 9.84 Å². The minimum Gasteiger partial charge on any atom is -0.449 e. The molecular weight excluding hydrogens is 378 g/mol. The first-order valence-corrected chi connectivity index (χ1v) is 9.84. The van der Waals surface area contributed by atoms with Gasteiger partial charge in [-0.1, -0.05) is 72.8 Å². The van der Waals surface area contributed by atoms with E-state index in [1.807, 2.05) is 60.7 Å². The number of rotatable bonds is 8. The van der Waals surface area contributed by atoms with Crippen molar-refractivity contribution in [2.45, 2.75) is 32.7 Å². The molecule has 0 radical (unpaired) electrons. The summed E-state index contributed by atoms with van der Waals surface area (Å²) in [5.74, 6) is -0.831. The summed E-state index contributed by atoms with van der Waals surface area (Å²) < 4.78 is 5.44. The van der Waals surface area contributed by atoms with Crippen LogP contribution in [-0.4, -0.2) is 28.0 Å². The molecule has 0 spiro atoms. The molecule has 0 aliphatic rings. The van der Waals surface area contributed by atoms with Crippen molar-refractivity contribution in [3.8, 4) is 0 Å². The second-order valence-electron chi connectivity index (χ2n) is 7.07. The molecule has 1 atom stereocenters. The lowest BCUT2D eigenvalue weighted by Gasteiger charge is -2.26. The molecule has 0 fully saturated rings. The molecule has 3 aromatic carbocycles. The van der Waals surface area contributed by atoms with Gasteiger partial charge in [-0.15, -0.1) is 0 Å². The van der Waals surface area contributed by atoms with Gasteiger partial charge < -0.3 is 14.7 Å². The first-order valence-electron chi connectivity index (χ1n) is 9.84. The Hall–Kier alpha value is -3.44. The molecule has 3 aromatic rings. The summed E-state index contributed by atoms with van der Waals surface area (Å²) in [6.07, 6.45) is -0.928. The number of carbonyl (C=O) groups is 2. The maximum absolute atomic E-state index is 13.1. The highest BCUT2D eigenvalue weighted by Gasteiger charge is 2.25. The van der Waals surface area contributed by atoms with Crippen molar-refractivity contribution >= 4 is 11.9 Å². The zero-order valence-corrected chi connectivity index (χ0v) is 16.9. The Bertz CT molecular complexity index is 914. The Kier molecular flexibility index (Phi) is 7.35. The summed E-state index contributed by atoms with van der Waals surface area (Å²) in [5, 5.41) is 9.12. The topological polar surface area (TPSA) is 66.8 Å². The lowest BCUT2D eigenvalue weighted by Crippen LogP contribution is -2.39. The van der Waals surface area contributed by atoms with Crippen LogP contribution >= 0.6 is 0 Å². The van der Waals surface area contributed by atoms with Crippen molar-refractivity contribution in [3.63, 3.8) is 0 Å². The number of benzene rings is 3. The lowest BCUT2D eigenvalue weighted by molar-refractivity contribution is -0.141. The number of ether oxygens (including phenoxy) is 1. The molecule has 3 rings (SSSR count). The summed E-state index contributed by atoms with van der Waals surface area (Å²) >= 11 is 0. The van der Waals surface area contributed by atoms with Gasteiger partial charge in [-0.05, 0) is 35.7 Å². The maximum Gasteiger partial charge on any atom is 0.338 e. The summed E-state index contributed by atoms with van der Waals surface area (Å²) in [6, 6.07) is 25.9. The third-order valence-electron chi connectivity index (χ3n) is 4.75. The lowest BCUT2D eigenvalue weighted by atomic mass is 10.1. The first-order chi connectivity index (χ1) is 14.6. The molecule has 1 N–H and O–H groups in total. The van der Waals surface area contributed by atoms with Gasteiger partial charge in [-0.2, -0.15) is 0 Å². The Morgan fingerprint density at radius 2 is 1.30 bits per heavy atom. The molecule has 5 heteroatoms. The van der Waals surface area contributed by atoms with Crippen LogP contribution < -0.4 is 0 Å². The van der Waals surface area contributed by atoms with Crippen LogP contribution in [0.3, 0.4) is 0 Å². The van der Waals surface area contributed by atoms with E-state index in [0.717, 1.165) is 11.1 Å². The summed E-state index contributed by atoms with van der Waals surface area (Å²) in [7, 11) is 0. The van der Waals surface area contributed by atoms with E-state index < -0.39 is 12.1 Å². The molecule has 0 saturated heterocycles. The minimum atomic E-state index is -0.928. The molecule has 30 heavy (non-hydrogen) atoms. The van der Waals surface area contributed by atoms with Gasteiger partial charge in [0.25, 0.3) is 5.91 Å². The van der Waals surface area contributed by atoms with E-state index in [1.165, 1.54) is 0 Å². The Labute approximate surface area is 176 Å². The van der Waals surface area contributed by atoms with Crippen LogP contribution in [0.15, 0.2) is 84.9 Å². The minimum absolute atomic E-state index is 0.0991. The second kappa shape index (κ2) is 10.4. The highest BCUT2D eigenvalue weighted by Crippen LogP contribution is 2.14. The molecule has 0 heterocycles. The molecule has 0 bridgehead atoms. The standard InChI is InChI=1S/C25H25NO4/c1-19(30-25(29)23-14-12-22(18-27)13-15-23)24(28)26(16-20-8-4-2-5-9-20)17-21-10-6-3-7-11-21/h2-15,19,27H,16-18H2,1H3. The van der Waals surface area contributed by atoms with Gasteiger partial charge in [0, 0.05) is 13.1 Å². The van der Waals surface area contributed by atoms with Gasteiger partial charge >= 0.3 is 5.97 Å². The van der Waals surface area contributed by atoms with Gasteiger partial charge in [0.1, 0.15) is 0 Å². The van der Waals surface area contributed by atoms with Gasteiger partial charge in [-0.25, -0.2) is 4.79 Å². The van der Waals surface area contributed by atoms with Crippen LogP contribution in [-0.2, 0) is 29.2 Å². The Balaban J connectivity index is 1.72. The van der Waals surface area contributed by atoms with Gasteiger partial charge in [-0.3, -0.25) is 4.79 Å². The van der Waals surface area contributed by atoms with Crippen LogP contribution in [0.4, 0.5) is 0 Å². The van der Waals surface area contributed by atoms with Crippen LogP contribution in [0, 0.1) is 0 Å². The van der Waals surface area contributed by atoms with Crippen LogP contribution in [0.1, 0.15) is 34.0 Å². The largest absolute Gasteiger partial charge is 0.449 e.